The first-order chi connectivity index (χ1) is 13.2. The molecule has 0 radical (unpaired) electrons. The quantitative estimate of drug-likeness (QED) is 0.655. The fourth-order valence-corrected chi connectivity index (χ4v) is 2.67. The molecule has 142 valence electrons. The zero-order valence-electron chi connectivity index (χ0n) is 15.2. The largest absolute Gasteiger partial charge is 0.395 e. The van der Waals surface area contributed by atoms with Crippen molar-refractivity contribution in [2.24, 2.45) is 5.16 Å². The Kier molecular flexibility index (Phi) is 6.32. The summed E-state index contributed by atoms with van der Waals surface area (Å²) in [7, 11) is 0. The number of carbonyl (C=O) groups is 1. The Balaban J connectivity index is 1.54. The molecule has 1 aliphatic rings. The highest BCUT2D eigenvalue weighted by molar-refractivity contribution is 5.94. The Bertz CT molecular complexity index is 790. The second-order valence-corrected chi connectivity index (χ2v) is 6.18. The Morgan fingerprint density at radius 1 is 1.22 bits per heavy atom. The van der Waals surface area contributed by atoms with Crippen LogP contribution in [0.2, 0.25) is 0 Å². The SMILES string of the molecule is CCC1=NO[C@H](CNC(=O)c2ccc(-c3ccc(NCCO)nn3)cc2)C1. The molecule has 0 saturated heterocycles. The van der Waals surface area contributed by atoms with Crippen molar-refractivity contribution in [2.75, 3.05) is 25.0 Å². The van der Waals surface area contributed by atoms with Crippen molar-refractivity contribution in [3.63, 3.8) is 0 Å². The molecule has 0 fully saturated rings. The van der Waals surface area contributed by atoms with E-state index < -0.39 is 0 Å². The molecule has 0 spiro atoms. The number of carbonyl (C=O) groups excluding carboxylic acids is 1. The Hall–Kier alpha value is -3.00. The third kappa shape index (κ3) is 5.01. The maximum Gasteiger partial charge on any atom is 0.251 e. The van der Waals surface area contributed by atoms with Crippen LogP contribution in [0.5, 0.6) is 0 Å². The summed E-state index contributed by atoms with van der Waals surface area (Å²) in [5.74, 6) is 0.456. The molecule has 8 heteroatoms. The fraction of sp³-hybridized carbons (Fsp3) is 0.368. The Labute approximate surface area is 157 Å². The Morgan fingerprint density at radius 2 is 2.04 bits per heavy atom. The van der Waals surface area contributed by atoms with E-state index in [4.69, 9.17) is 9.94 Å². The monoisotopic (exact) mass is 369 g/mol. The van der Waals surface area contributed by atoms with Gasteiger partial charge in [-0.1, -0.05) is 24.2 Å². The predicted octanol–water partition coefficient (Wildman–Crippen LogP) is 1.83. The van der Waals surface area contributed by atoms with Gasteiger partial charge in [0, 0.05) is 24.1 Å². The van der Waals surface area contributed by atoms with Gasteiger partial charge < -0.3 is 20.6 Å². The standard InChI is InChI=1S/C19H23N5O3/c1-2-15-11-16(27-24-15)12-21-19(26)14-5-3-13(4-6-14)17-7-8-18(23-22-17)20-9-10-25/h3-8,16,25H,2,9-12H2,1H3,(H,20,23)(H,21,26)/t16-/m0/s1. The van der Waals surface area contributed by atoms with Crippen molar-refractivity contribution in [1.82, 2.24) is 15.5 Å². The maximum absolute atomic E-state index is 12.3. The van der Waals surface area contributed by atoms with E-state index in [2.05, 4.69) is 26.0 Å². The van der Waals surface area contributed by atoms with Crippen LogP contribution in [-0.4, -0.2) is 52.7 Å². The summed E-state index contributed by atoms with van der Waals surface area (Å²) in [5, 5.41) is 26.8. The normalized spacial score (nSPS) is 15.8. The van der Waals surface area contributed by atoms with Crippen LogP contribution in [0.15, 0.2) is 41.6 Å². The minimum Gasteiger partial charge on any atom is -0.395 e. The number of hydrogen-bond acceptors (Lipinski definition) is 7. The van der Waals surface area contributed by atoms with E-state index in [-0.39, 0.29) is 18.6 Å². The van der Waals surface area contributed by atoms with E-state index in [0.717, 1.165) is 24.1 Å². The van der Waals surface area contributed by atoms with Crippen molar-refractivity contribution in [3.8, 4) is 11.3 Å². The number of aliphatic hydroxyl groups excluding tert-OH is 1. The topological polar surface area (TPSA) is 109 Å². The molecule has 2 aromatic rings. The number of nitrogens with one attached hydrogen (secondary N) is 2. The lowest BCUT2D eigenvalue weighted by Crippen LogP contribution is -2.32. The molecular formula is C19H23N5O3. The van der Waals surface area contributed by atoms with Crippen LogP contribution in [0, 0.1) is 0 Å². The molecule has 1 atom stereocenters. The van der Waals surface area contributed by atoms with Crippen molar-refractivity contribution in [1.29, 1.82) is 0 Å². The molecule has 2 heterocycles. The second-order valence-electron chi connectivity index (χ2n) is 6.18. The average Bonchev–Trinajstić information content (AvgIpc) is 3.19. The van der Waals surface area contributed by atoms with Gasteiger partial charge in [0.05, 0.1) is 24.6 Å². The molecule has 0 aliphatic carbocycles. The number of anilines is 1. The molecule has 0 unspecified atom stereocenters. The van der Waals surface area contributed by atoms with Crippen LogP contribution in [-0.2, 0) is 4.84 Å². The number of rotatable bonds is 8. The van der Waals surface area contributed by atoms with Gasteiger partial charge in [0.25, 0.3) is 5.91 Å². The van der Waals surface area contributed by atoms with E-state index in [1.807, 2.05) is 25.1 Å². The maximum atomic E-state index is 12.3. The minimum atomic E-state index is -0.148. The van der Waals surface area contributed by atoms with E-state index >= 15 is 0 Å². The number of aromatic nitrogens is 2. The van der Waals surface area contributed by atoms with Gasteiger partial charge in [-0.05, 0) is 30.7 Å². The van der Waals surface area contributed by atoms with Gasteiger partial charge in [0.2, 0.25) is 0 Å². The molecular weight excluding hydrogens is 346 g/mol. The van der Waals surface area contributed by atoms with Gasteiger partial charge in [-0.25, -0.2) is 0 Å². The van der Waals surface area contributed by atoms with E-state index in [9.17, 15) is 4.79 Å². The molecule has 1 aromatic carbocycles. The summed E-state index contributed by atoms with van der Waals surface area (Å²) in [6.07, 6.45) is 1.54. The molecule has 1 amide bonds. The number of hydrogen-bond donors (Lipinski definition) is 3. The van der Waals surface area contributed by atoms with Crippen molar-refractivity contribution < 1.29 is 14.7 Å². The van der Waals surface area contributed by atoms with Crippen LogP contribution in [0.4, 0.5) is 5.82 Å². The van der Waals surface area contributed by atoms with Crippen molar-refractivity contribution in [2.45, 2.75) is 25.9 Å². The van der Waals surface area contributed by atoms with Crippen LogP contribution in [0.3, 0.4) is 0 Å². The van der Waals surface area contributed by atoms with Gasteiger partial charge in [-0.15, -0.1) is 10.2 Å². The molecule has 0 bridgehead atoms. The number of aliphatic hydroxyl groups is 1. The average molecular weight is 369 g/mol. The summed E-state index contributed by atoms with van der Waals surface area (Å²) >= 11 is 0. The number of amides is 1. The predicted molar refractivity (Wildman–Crippen MR) is 103 cm³/mol. The van der Waals surface area contributed by atoms with Gasteiger partial charge in [0.15, 0.2) is 0 Å². The zero-order chi connectivity index (χ0) is 19.1. The third-order valence-electron chi connectivity index (χ3n) is 4.22. The fourth-order valence-electron chi connectivity index (χ4n) is 2.67. The van der Waals surface area contributed by atoms with E-state index in [1.54, 1.807) is 18.2 Å². The summed E-state index contributed by atoms with van der Waals surface area (Å²) < 4.78 is 0. The lowest BCUT2D eigenvalue weighted by Gasteiger charge is -2.10. The highest BCUT2D eigenvalue weighted by Crippen LogP contribution is 2.18. The number of benzene rings is 1. The Morgan fingerprint density at radius 3 is 2.67 bits per heavy atom. The van der Waals surface area contributed by atoms with Gasteiger partial charge in [0.1, 0.15) is 11.9 Å². The summed E-state index contributed by atoms with van der Waals surface area (Å²) in [6.45, 7) is 2.93. The molecule has 3 rings (SSSR count). The van der Waals surface area contributed by atoms with E-state index in [0.29, 0.717) is 30.2 Å². The summed E-state index contributed by atoms with van der Waals surface area (Å²) in [6, 6.07) is 10.8. The summed E-state index contributed by atoms with van der Waals surface area (Å²) in [4.78, 5) is 17.6. The van der Waals surface area contributed by atoms with Crippen LogP contribution in [0.1, 0.15) is 30.1 Å². The lowest BCUT2D eigenvalue weighted by molar-refractivity contribution is 0.0753. The lowest BCUT2D eigenvalue weighted by atomic mass is 10.1. The highest BCUT2D eigenvalue weighted by Gasteiger charge is 2.20. The van der Waals surface area contributed by atoms with Crippen LogP contribution >= 0.6 is 0 Å². The molecule has 8 nitrogen and oxygen atoms in total. The first kappa shape index (κ1) is 18.8. The number of nitrogens with zero attached hydrogens (tertiary/aromatic N) is 3. The third-order valence-corrected chi connectivity index (χ3v) is 4.22. The number of oxime groups is 1. The molecule has 27 heavy (non-hydrogen) atoms. The zero-order valence-corrected chi connectivity index (χ0v) is 15.2. The molecule has 1 aromatic heterocycles. The first-order valence-corrected chi connectivity index (χ1v) is 8.98. The van der Waals surface area contributed by atoms with Gasteiger partial charge >= 0.3 is 0 Å². The van der Waals surface area contributed by atoms with Crippen molar-refractivity contribution >= 4 is 17.4 Å². The second kappa shape index (κ2) is 9.09. The molecule has 1 aliphatic heterocycles. The van der Waals surface area contributed by atoms with Crippen molar-refractivity contribution in [3.05, 3.63) is 42.0 Å². The van der Waals surface area contributed by atoms with Gasteiger partial charge in [-0.3, -0.25) is 4.79 Å². The van der Waals surface area contributed by atoms with E-state index in [1.165, 1.54) is 0 Å². The van der Waals surface area contributed by atoms with Crippen LogP contribution < -0.4 is 10.6 Å². The molecule has 3 N–H and O–H groups in total. The highest BCUT2D eigenvalue weighted by atomic mass is 16.6. The first-order valence-electron chi connectivity index (χ1n) is 8.98. The van der Waals surface area contributed by atoms with Gasteiger partial charge in [-0.2, -0.15) is 0 Å². The minimum absolute atomic E-state index is 0.0343. The summed E-state index contributed by atoms with van der Waals surface area (Å²) in [5.41, 5.74) is 3.17. The van der Waals surface area contributed by atoms with Crippen LogP contribution in [0.25, 0.3) is 11.3 Å². The molecule has 0 saturated carbocycles. The smallest absolute Gasteiger partial charge is 0.251 e.